The molecule has 106 valence electrons. The first-order valence-electron chi connectivity index (χ1n) is 6.14. The average molecular weight is 355 g/mol. The van der Waals surface area contributed by atoms with Crippen molar-refractivity contribution in [2.24, 2.45) is 0 Å². The van der Waals surface area contributed by atoms with Crippen LogP contribution in [0.25, 0.3) is 6.08 Å². The summed E-state index contributed by atoms with van der Waals surface area (Å²) in [6.07, 6.45) is 1.80. The monoisotopic (exact) mass is 354 g/mol. The van der Waals surface area contributed by atoms with Crippen molar-refractivity contribution in [3.8, 4) is 5.75 Å². The molecule has 1 aromatic carbocycles. The zero-order chi connectivity index (χ0) is 14.9. The third kappa shape index (κ3) is 2.58. The van der Waals surface area contributed by atoms with Crippen LogP contribution < -0.4 is 4.74 Å². The van der Waals surface area contributed by atoms with Gasteiger partial charge in [-0.25, -0.2) is 0 Å². The van der Waals surface area contributed by atoms with Crippen molar-refractivity contribution in [1.29, 1.82) is 0 Å². The third-order valence-corrected chi connectivity index (χ3v) is 4.13. The Morgan fingerprint density at radius 1 is 1.45 bits per heavy atom. The molecule has 2 rings (SSSR count). The molecule has 1 saturated heterocycles. The second-order valence-corrected chi connectivity index (χ2v) is 5.59. The molecule has 0 N–H and O–H groups in total. The first-order valence-corrected chi connectivity index (χ1v) is 7.34. The zero-order valence-corrected chi connectivity index (χ0v) is 13.9. The number of hydrogen-bond donors (Lipinski definition) is 0. The minimum Gasteiger partial charge on any atom is -0.496 e. The summed E-state index contributed by atoms with van der Waals surface area (Å²) in [6.45, 7) is 2.47. The predicted octanol–water partition coefficient (Wildman–Crippen LogP) is 2.88. The molecule has 0 aromatic heterocycles. The van der Waals surface area contributed by atoms with Crippen LogP contribution in [-0.4, -0.2) is 41.5 Å². The molecule has 1 aliphatic rings. The fourth-order valence-corrected chi connectivity index (χ4v) is 2.74. The number of ether oxygens (including phenoxy) is 1. The summed E-state index contributed by atoms with van der Waals surface area (Å²) in [5, 5.41) is 0.526. The van der Waals surface area contributed by atoms with Crippen molar-refractivity contribution >= 4 is 45.2 Å². The van der Waals surface area contributed by atoms with Gasteiger partial charge in [0, 0.05) is 23.6 Å². The normalized spacial score (nSPS) is 17.3. The molecular formula is C14H15BrN2O2S. The molecule has 0 spiro atoms. The summed E-state index contributed by atoms with van der Waals surface area (Å²) in [5.74, 6) is 0.629. The highest BCUT2D eigenvalue weighted by molar-refractivity contribution is 9.10. The van der Waals surface area contributed by atoms with Crippen molar-refractivity contribution in [1.82, 2.24) is 9.80 Å². The molecule has 1 heterocycles. The Hall–Kier alpha value is -1.40. The molecule has 0 unspecified atom stereocenters. The van der Waals surface area contributed by atoms with Gasteiger partial charge >= 0.3 is 0 Å². The maximum atomic E-state index is 12.3. The number of carbonyl (C=O) groups excluding carboxylic acids is 1. The molecular weight excluding hydrogens is 340 g/mol. The number of rotatable bonds is 3. The van der Waals surface area contributed by atoms with Gasteiger partial charge in [-0.1, -0.05) is 15.9 Å². The number of methoxy groups -OCH3 is 1. The van der Waals surface area contributed by atoms with Crippen molar-refractivity contribution < 1.29 is 9.53 Å². The lowest BCUT2D eigenvalue weighted by molar-refractivity contribution is -0.122. The molecule has 0 aliphatic carbocycles. The van der Waals surface area contributed by atoms with Gasteiger partial charge in [-0.05, 0) is 43.4 Å². The van der Waals surface area contributed by atoms with E-state index in [0.717, 1.165) is 10.0 Å². The quantitative estimate of drug-likeness (QED) is 0.617. The third-order valence-electron chi connectivity index (χ3n) is 3.14. The topological polar surface area (TPSA) is 32.8 Å². The molecule has 1 aromatic rings. The van der Waals surface area contributed by atoms with Gasteiger partial charge in [0.15, 0.2) is 5.11 Å². The largest absolute Gasteiger partial charge is 0.496 e. The van der Waals surface area contributed by atoms with Crippen molar-refractivity contribution in [3.63, 3.8) is 0 Å². The Kier molecular flexibility index (Phi) is 4.45. The number of thiocarbonyl (C=S) groups is 1. The van der Waals surface area contributed by atoms with Crippen molar-refractivity contribution in [2.45, 2.75) is 6.92 Å². The number of benzene rings is 1. The van der Waals surface area contributed by atoms with E-state index in [1.54, 1.807) is 30.0 Å². The van der Waals surface area contributed by atoms with Crippen LogP contribution in [0.5, 0.6) is 5.75 Å². The van der Waals surface area contributed by atoms with Gasteiger partial charge in [-0.2, -0.15) is 0 Å². The minimum atomic E-state index is -0.0815. The Morgan fingerprint density at radius 2 is 2.15 bits per heavy atom. The molecule has 0 saturated carbocycles. The van der Waals surface area contributed by atoms with Crippen LogP contribution in [0.3, 0.4) is 0 Å². The smallest absolute Gasteiger partial charge is 0.276 e. The fraction of sp³-hybridized carbons (Fsp3) is 0.286. The Labute approximate surface area is 132 Å². The van der Waals surface area contributed by atoms with Crippen molar-refractivity contribution in [2.75, 3.05) is 20.7 Å². The zero-order valence-electron chi connectivity index (χ0n) is 11.5. The van der Waals surface area contributed by atoms with E-state index in [1.165, 1.54) is 0 Å². The molecule has 0 bridgehead atoms. The minimum absolute atomic E-state index is 0.0815. The molecule has 1 aliphatic heterocycles. The second-order valence-electron chi connectivity index (χ2n) is 4.31. The summed E-state index contributed by atoms with van der Waals surface area (Å²) < 4.78 is 6.24. The van der Waals surface area contributed by atoms with Crippen molar-refractivity contribution in [3.05, 3.63) is 33.9 Å². The Morgan fingerprint density at radius 3 is 2.70 bits per heavy atom. The summed E-state index contributed by atoms with van der Waals surface area (Å²) in [4.78, 5) is 15.6. The van der Waals surface area contributed by atoms with Crippen LogP contribution in [-0.2, 0) is 4.79 Å². The fourth-order valence-electron chi connectivity index (χ4n) is 2.06. The van der Waals surface area contributed by atoms with E-state index >= 15 is 0 Å². The molecule has 6 heteroatoms. The van der Waals surface area contributed by atoms with E-state index < -0.39 is 0 Å². The Balaban J connectivity index is 2.48. The van der Waals surface area contributed by atoms with E-state index in [-0.39, 0.29) is 5.91 Å². The highest BCUT2D eigenvalue weighted by atomic mass is 79.9. The first-order chi connectivity index (χ1) is 9.49. The van der Waals surface area contributed by atoms with Gasteiger partial charge in [-0.15, -0.1) is 0 Å². The molecule has 0 radical (unpaired) electrons. The van der Waals surface area contributed by atoms with Crippen LogP contribution in [0.2, 0.25) is 0 Å². The lowest BCUT2D eigenvalue weighted by Gasteiger charge is -2.13. The Bertz CT molecular complexity index is 601. The van der Waals surface area contributed by atoms with E-state index in [0.29, 0.717) is 23.1 Å². The van der Waals surface area contributed by atoms with Crippen LogP contribution in [0, 0.1) is 0 Å². The maximum Gasteiger partial charge on any atom is 0.276 e. The summed E-state index contributed by atoms with van der Waals surface area (Å²) in [7, 11) is 3.40. The van der Waals surface area contributed by atoms with Crippen LogP contribution in [0.1, 0.15) is 12.5 Å². The molecule has 1 amide bonds. The van der Waals surface area contributed by atoms with E-state index in [4.69, 9.17) is 17.0 Å². The summed E-state index contributed by atoms with van der Waals surface area (Å²) in [5.41, 5.74) is 1.38. The van der Waals surface area contributed by atoms with Gasteiger partial charge in [-0.3, -0.25) is 9.69 Å². The highest BCUT2D eigenvalue weighted by Crippen LogP contribution is 2.28. The number of halogens is 1. The van der Waals surface area contributed by atoms with E-state index in [9.17, 15) is 4.79 Å². The van der Waals surface area contributed by atoms with Gasteiger partial charge in [0.25, 0.3) is 5.91 Å². The molecule has 4 nitrogen and oxygen atoms in total. The molecule has 0 atom stereocenters. The van der Waals surface area contributed by atoms with Crippen LogP contribution in [0.4, 0.5) is 0 Å². The van der Waals surface area contributed by atoms with Crippen LogP contribution >= 0.6 is 28.1 Å². The standard InChI is InChI=1S/C14H15BrN2O2S/c1-4-17-13(18)11(16(2)14(17)20)8-9-7-10(15)5-6-12(9)19-3/h5-8H,4H2,1-3H3/b11-8+. The number of nitrogens with zero attached hydrogens (tertiary/aromatic N) is 2. The number of amides is 1. The van der Waals surface area contributed by atoms with E-state index in [1.807, 2.05) is 25.1 Å². The molecule has 1 fully saturated rings. The second kappa shape index (κ2) is 5.93. The van der Waals surface area contributed by atoms with Gasteiger partial charge in [0.1, 0.15) is 11.4 Å². The van der Waals surface area contributed by atoms with Gasteiger partial charge in [0.2, 0.25) is 0 Å². The number of carbonyl (C=O) groups is 1. The maximum absolute atomic E-state index is 12.3. The number of likely N-dealkylation sites (N-methyl/N-ethyl adjacent to an activating group) is 2. The SMILES string of the molecule is CCN1C(=O)/C(=C\c2cc(Br)ccc2OC)N(C)C1=S. The lowest BCUT2D eigenvalue weighted by atomic mass is 10.1. The van der Waals surface area contributed by atoms with Gasteiger partial charge in [0.05, 0.1) is 7.11 Å². The summed E-state index contributed by atoms with van der Waals surface area (Å²) in [6, 6.07) is 5.65. The lowest BCUT2D eigenvalue weighted by Crippen LogP contribution is -2.30. The molecule has 20 heavy (non-hydrogen) atoms. The summed E-state index contributed by atoms with van der Waals surface area (Å²) >= 11 is 8.69. The number of hydrogen-bond acceptors (Lipinski definition) is 3. The van der Waals surface area contributed by atoms with Crippen LogP contribution in [0.15, 0.2) is 28.4 Å². The first kappa shape index (κ1) is 15.0. The van der Waals surface area contributed by atoms with Gasteiger partial charge < -0.3 is 9.64 Å². The highest BCUT2D eigenvalue weighted by Gasteiger charge is 2.34. The average Bonchev–Trinajstić information content (AvgIpc) is 2.63. The predicted molar refractivity (Wildman–Crippen MR) is 86.4 cm³/mol. The van der Waals surface area contributed by atoms with E-state index in [2.05, 4.69) is 15.9 Å².